The summed E-state index contributed by atoms with van der Waals surface area (Å²) in [4.78, 5) is 32.4. The Morgan fingerprint density at radius 3 is 2.33 bits per heavy atom. The molecule has 0 spiro atoms. The van der Waals surface area contributed by atoms with Crippen LogP contribution >= 0.6 is 11.3 Å². The molecule has 1 aromatic heterocycles. The maximum Gasteiger partial charge on any atom is 0.338 e. The van der Waals surface area contributed by atoms with Crippen LogP contribution in [-0.4, -0.2) is 30.4 Å². The molecule has 0 saturated heterocycles. The van der Waals surface area contributed by atoms with Crippen molar-refractivity contribution in [3.8, 4) is 17.2 Å². The van der Waals surface area contributed by atoms with Gasteiger partial charge in [0.25, 0.3) is 5.56 Å². The predicted octanol–water partition coefficient (Wildman–Crippen LogP) is 5.17. The van der Waals surface area contributed by atoms with Crippen molar-refractivity contribution < 1.29 is 23.7 Å². The molecule has 1 atom stereocenters. The molecule has 0 fully saturated rings. The monoisotopic (exact) mass is 598 g/mol. The van der Waals surface area contributed by atoms with Gasteiger partial charge >= 0.3 is 5.97 Å². The molecule has 1 aliphatic heterocycles. The standard InChI is InChI=1S/C34H34N2O6S/c1-5-39-27-18-15-25(20-28(27)40-6-2)31-30(33(38)41-7-3)22(4)35-34-36(31)32(37)29(43-34)19-23-13-16-26(17-14-23)42-21-24-11-9-8-10-12-24/h8-20,31H,5-7,21H2,1-4H3. The van der Waals surface area contributed by atoms with E-state index in [0.717, 1.165) is 16.9 Å². The first kappa shape index (κ1) is 29.8. The number of carbonyl (C=O) groups is 1. The summed E-state index contributed by atoms with van der Waals surface area (Å²) in [6.07, 6.45) is 1.83. The molecular formula is C34H34N2O6S. The fourth-order valence-corrected chi connectivity index (χ4v) is 5.94. The van der Waals surface area contributed by atoms with Gasteiger partial charge in [-0.05, 0) is 74.7 Å². The highest BCUT2D eigenvalue weighted by molar-refractivity contribution is 7.07. The molecule has 0 bridgehead atoms. The summed E-state index contributed by atoms with van der Waals surface area (Å²) in [5, 5.41) is 0. The first-order chi connectivity index (χ1) is 20.9. The van der Waals surface area contributed by atoms with Gasteiger partial charge in [-0.3, -0.25) is 9.36 Å². The second kappa shape index (κ2) is 13.6. The Bertz CT molecular complexity index is 1810. The van der Waals surface area contributed by atoms with Crippen LogP contribution in [0.4, 0.5) is 0 Å². The van der Waals surface area contributed by atoms with Gasteiger partial charge in [-0.15, -0.1) is 0 Å². The molecular weight excluding hydrogens is 564 g/mol. The largest absolute Gasteiger partial charge is 0.490 e. The van der Waals surface area contributed by atoms with Crippen molar-refractivity contribution in [3.05, 3.63) is 120 Å². The van der Waals surface area contributed by atoms with E-state index < -0.39 is 12.0 Å². The van der Waals surface area contributed by atoms with Gasteiger partial charge in [0.2, 0.25) is 0 Å². The maximum atomic E-state index is 14.0. The summed E-state index contributed by atoms with van der Waals surface area (Å²) >= 11 is 1.28. The average molecular weight is 599 g/mol. The molecule has 0 radical (unpaired) electrons. The summed E-state index contributed by atoms with van der Waals surface area (Å²) in [6.45, 7) is 8.88. The van der Waals surface area contributed by atoms with E-state index >= 15 is 0 Å². The lowest BCUT2D eigenvalue weighted by Crippen LogP contribution is -2.40. The molecule has 8 nitrogen and oxygen atoms in total. The highest BCUT2D eigenvalue weighted by Crippen LogP contribution is 2.36. The zero-order chi connectivity index (χ0) is 30.3. The van der Waals surface area contributed by atoms with Crippen LogP contribution in [0.3, 0.4) is 0 Å². The first-order valence-electron chi connectivity index (χ1n) is 14.3. The van der Waals surface area contributed by atoms with Crippen LogP contribution in [0.2, 0.25) is 0 Å². The van der Waals surface area contributed by atoms with Crippen molar-refractivity contribution in [2.75, 3.05) is 19.8 Å². The average Bonchev–Trinajstić information content (AvgIpc) is 3.31. The number of hydrogen-bond acceptors (Lipinski definition) is 8. The summed E-state index contributed by atoms with van der Waals surface area (Å²) < 4.78 is 25.0. The second-order valence-electron chi connectivity index (χ2n) is 9.72. The summed E-state index contributed by atoms with van der Waals surface area (Å²) in [6, 6.07) is 22.3. The highest BCUT2D eigenvalue weighted by Gasteiger charge is 2.34. The van der Waals surface area contributed by atoms with Gasteiger partial charge < -0.3 is 18.9 Å². The Balaban J connectivity index is 1.54. The lowest BCUT2D eigenvalue weighted by atomic mass is 9.95. The number of thiazole rings is 1. The van der Waals surface area contributed by atoms with Gasteiger partial charge in [0.15, 0.2) is 16.3 Å². The van der Waals surface area contributed by atoms with Crippen molar-refractivity contribution in [2.45, 2.75) is 40.3 Å². The minimum Gasteiger partial charge on any atom is -0.490 e. The van der Waals surface area contributed by atoms with Gasteiger partial charge in [-0.2, -0.15) is 0 Å². The Kier molecular flexibility index (Phi) is 9.41. The van der Waals surface area contributed by atoms with Crippen LogP contribution in [0.1, 0.15) is 50.4 Å². The summed E-state index contributed by atoms with van der Waals surface area (Å²) in [5.41, 5.74) is 3.18. The minimum absolute atomic E-state index is 0.200. The summed E-state index contributed by atoms with van der Waals surface area (Å²) in [7, 11) is 0. The third-order valence-electron chi connectivity index (χ3n) is 6.83. The number of nitrogens with zero attached hydrogens (tertiary/aromatic N) is 2. The van der Waals surface area contributed by atoms with E-state index in [9.17, 15) is 9.59 Å². The van der Waals surface area contributed by atoms with Crippen LogP contribution < -0.4 is 29.1 Å². The van der Waals surface area contributed by atoms with E-state index in [1.54, 1.807) is 24.5 Å². The van der Waals surface area contributed by atoms with E-state index in [0.29, 0.717) is 57.5 Å². The van der Waals surface area contributed by atoms with Crippen LogP contribution in [0.25, 0.3) is 6.08 Å². The van der Waals surface area contributed by atoms with Gasteiger partial charge in [-0.1, -0.05) is 59.9 Å². The van der Waals surface area contributed by atoms with Crippen LogP contribution in [0, 0.1) is 0 Å². The first-order valence-corrected chi connectivity index (χ1v) is 15.1. The number of esters is 1. The molecule has 4 aromatic rings. The molecule has 43 heavy (non-hydrogen) atoms. The fraction of sp³-hybridized carbons (Fsp3) is 0.265. The van der Waals surface area contributed by atoms with Gasteiger partial charge in [0.1, 0.15) is 12.4 Å². The fourth-order valence-electron chi connectivity index (χ4n) is 4.90. The lowest BCUT2D eigenvalue weighted by molar-refractivity contribution is -0.139. The third kappa shape index (κ3) is 6.57. The molecule has 9 heteroatoms. The number of fused-ring (bicyclic) bond motifs is 1. The number of rotatable bonds is 11. The Morgan fingerprint density at radius 2 is 1.63 bits per heavy atom. The molecule has 0 aliphatic carbocycles. The van der Waals surface area contributed by atoms with Crippen LogP contribution in [-0.2, 0) is 16.1 Å². The van der Waals surface area contributed by atoms with Crippen molar-refractivity contribution in [1.29, 1.82) is 0 Å². The number of allylic oxidation sites excluding steroid dienone is 1. The number of hydrogen-bond donors (Lipinski definition) is 0. The molecule has 3 aromatic carbocycles. The van der Waals surface area contributed by atoms with E-state index in [4.69, 9.17) is 18.9 Å². The lowest BCUT2D eigenvalue weighted by Gasteiger charge is -2.25. The third-order valence-corrected chi connectivity index (χ3v) is 7.81. The van der Waals surface area contributed by atoms with E-state index in [1.807, 2.05) is 86.7 Å². The molecule has 0 amide bonds. The summed E-state index contributed by atoms with van der Waals surface area (Å²) in [5.74, 6) is 1.35. The van der Waals surface area contributed by atoms with Crippen molar-refractivity contribution in [1.82, 2.24) is 4.57 Å². The molecule has 1 aliphatic rings. The zero-order valence-electron chi connectivity index (χ0n) is 24.7. The smallest absolute Gasteiger partial charge is 0.338 e. The quantitative estimate of drug-likeness (QED) is 0.221. The van der Waals surface area contributed by atoms with E-state index in [2.05, 4.69) is 4.99 Å². The molecule has 222 valence electrons. The normalized spacial score (nSPS) is 14.6. The molecule has 5 rings (SSSR count). The van der Waals surface area contributed by atoms with Crippen molar-refractivity contribution in [3.63, 3.8) is 0 Å². The number of carbonyl (C=O) groups excluding carboxylic acids is 1. The molecule has 2 heterocycles. The van der Waals surface area contributed by atoms with Gasteiger partial charge in [-0.25, -0.2) is 9.79 Å². The second-order valence-corrected chi connectivity index (χ2v) is 10.7. The Hall–Kier alpha value is -4.63. The topological polar surface area (TPSA) is 88.4 Å². The van der Waals surface area contributed by atoms with Gasteiger partial charge in [0.05, 0.1) is 41.7 Å². The number of benzene rings is 3. The van der Waals surface area contributed by atoms with E-state index in [-0.39, 0.29) is 12.2 Å². The number of ether oxygens (including phenoxy) is 4. The molecule has 0 saturated carbocycles. The Labute approximate surface area is 254 Å². The van der Waals surface area contributed by atoms with Gasteiger partial charge in [0, 0.05) is 0 Å². The van der Waals surface area contributed by atoms with Crippen LogP contribution in [0.15, 0.2) is 93.9 Å². The van der Waals surface area contributed by atoms with Crippen LogP contribution in [0.5, 0.6) is 17.2 Å². The Morgan fingerprint density at radius 1 is 0.907 bits per heavy atom. The van der Waals surface area contributed by atoms with E-state index in [1.165, 1.54) is 11.3 Å². The molecule has 1 unspecified atom stereocenters. The minimum atomic E-state index is -0.749. The number of aromatic nitrogens is 1. The van der Waals surface area contributed by atoms with Crippen molar-refractivity contribution in [2.24, 2.45) is 4.99 Å². The molecule has 0 N–H and O–H groups in total. The highest BCUT2D eigenvalue weighted by atomic mass is 32.1. The zero-order valence-corrected chi connectivity index (χ0v) is 25.5. The predicted molar refractivity (Wildman–Crippen MR) is 166 cm³/mol. The van der Waals surface area contributed by atoms with Crippen molar-refractivity contribution >= 4 is 23.4 Å². The SMILES string of the molecule is CCOC(=O)C1=C(C)N=c2sc(=Cc3ccc(OCc4ccccc4)cc3)c(=O)n2C1c1ccc(OCC)c(OCC)c1. The maximum absolute atomic E-state index is 14.0.